The van der Waals surface area contributed by atoms with E-state index >= 15 is 0 Å². The van der Waals surface area contributed by atoms with Crippen LogP contribution in [-0.4, -0.2) is 10.8 Å². The molecule has 0 N–H and O–H groups in total. The zero-order valence-corrected chi connectivity index (χ0v) is 39.0. The largest absolute Gasteiger partial charge is 0.302 e. The number of anilines is 4. The Balaban J connectivity index is 1.10. The van der Waals surface area contributed by atoms with Gasteiger partial charge < -0.3 is 4.90 Å². The van der Waals surface area contributed by atoms with Crippen molar-refractivity contribution in [1.29, 1.82) is 0 Å². The van der Waals surface area contributed by atoms with Gasteiger partial charge in [0.1, 0.15) is 11.7 Å². The van der Waals surface area contributed by atoms with Gasteiger partial charge in [0, 0.05) is 5.70 Å². The van der Waals surface area contributed by atoms with Crippen LogP contribution in [0.4, 0.5) is 22.9 Å². The number of pyridine rings is 1. The van der Waals surface area contributed by atoms with E-state index in [0.717, 1.165) is 64.9 Å². The summed E-state index contributed by atoms with van der Waals surface area (Å²) in [7, 11) is 0. The second kappa shape index (κ2) is 17.6. The molecule has 3 heterocycles. The van der Waals surface area contributed by atoms with E-state index in [4.69, 9.17) is 9.98 Å². The SMILES string of the molecule is C=CC1=C(N=C(C)N2C(CC)=C(/C=C\C)C(c3ccccc3)(c3ccccc3)c3ccccc32)c2nc(N3c4ccccc4C(c4ccccc4)(c4ccccc4)c4ccccc43)ccc2CC1. The molecule has 8 aromatic rings. The molecule has 330 valence electrons. The Kier molecular flexibility index (Phi) is 11.0. The van der Waals surface area contributed by atoms with Gasteiger partial charge in [-0.1, -0.05) is 214 Å². The highest BCUT2D eigenvalue weighted by Crippen LogP contribution is 2.58. The van der Waals surface area contributed by atoms with Gasteiger partial charge in [-0.05, 0) is 113 Å². The van der Waals surface area contributed by atoms with Gasteiger partial charge in [0.2, 0.25) is 0 Å². The molecule has 0 radical (unpaired) electrons. The molecule has 11 rings (SSSR count). The van der Waals surface area contributed by atoms with Crippen LogP contribution in [0.3, 0.4) is 0 Å². The van der Waals surface area contributed by atoms with Crippen LogP contribution < -0.4 is 9.80 Å². The lowest BCUT2D eigenvalue weighted by Crippen LogP contribution is -2.43. The lowest BCUT2D eigenvalue weighted by Gasteiger charge is -2.47. The number of hydrogen-bond acceptors (Lipinski definition) is 3. The van der Waals surface area contributed by atoms with E-state index in [1.165, 1.54) is 55.8 Å². The highest BCUT2D eigenvalue weighted by Gasteiger charge is 2.48. The van der Waals surface area contributed by atoms with Gasteiger partial charge in [0.25, 0.3) is 0 Å². The van der Waals surface area contributed by atoms with Crippen molar-refractivity contribution < 1.29 is 0 Å². The lowest BCUT2D eigenvalue weighted by atomic mass is 9.61. The monoisotopic (exact) mass is 878 g/mol. The number of allylic oxidation sites excluding steroid dienone is 6. The predicted molar refractivity (Wildman–Crippen MR) is 283 cm³/mol. The summed E-state index contributed by atoms with van der Waals surface area (Å²) < 4.78 is 0. The number of nitrogens with zero attached hydrogens (tertiary/aromatic N) is 4. The molecular weight excluding hydrogens is 825 g/mol. The molecule has 0 amide bonds. The third kappa shape index (κ3) is 6.50. The van der Waals surface area contributed by atoms with Crippen molar-refractivity contribution >= 4 is 34.4 Å². The first-order valence-electron chi connectivity index (χ1n) is 23.9. The van der Waals surface area contributed by atoms with Gasteiger partial charge in [-0.2, -0.15) is 0 Å². The summed E-state index contributed by atoms with van der Waals surface area (Å²) in [5, 5.41) is 0. The van der Waals surface area contributed by atoms with Crippen molar-refractivity contribution in [3.8, 4) is 0 Å². The molecule has 2 aliphatic heterocycles. The minimum atomic E-state index is -0.567. The predicted octanol–water partition coefficient (Wildman–Crippen LogP) is 15.6. The Bertz CT molecular complexity index is 3180. The van der Waals surface area contributed by atoms with E-state index in [-0.39, 0.29) is 0 Å². The van der Waals surface area contributed by atoms with Crippen LogP contribution in [0.15, 0.2) is 253 Å². The van der Waals surface area contributed by atoms with E-state index in [1.807, 2.05) is 6.08 Å². The van der Waals surface area contributed by atoms with Crippen LogP contribution in [-0.2, 0) is 17.3 Å². The first kappa shape index (κ1) is 42.5. The standard InChI is InChI=1S/C64H54N4/c1-5-26-52-56(7-3)67(57-38-23-20-35-53(57)63(52,48-27-12-8-13-28-48)49-29-14-9-15-30-49)45(4)65-61-46(6-2)41-42-47-43-44-60(66-62(47)61)68-58-39-24-21-36-54(58)64(50-31-16-10-17-32-50,51-33-18-11-19-34-51)55-37-22-25-40-59(55)68/h5-6,8-40,43-44H,2,7,41-42H2,1,3-4H3/b26-5-,65-45?. The Morgan fingerprint density at radius 1 is 0.574 bits per heavy atom. The molecule has 0 spiro atoms. The summed E-state index contributed by atoms with van der Waals surface area (Å²) in [5.74, 6) is 1.72. The van der Waals surface area contributed by atoms with Crippen molar-refractivity contribution in [3.63, 3.8) is 0 Å². The molecule has 0 atom stereocenters. The van der Waals surface area contributed by atoms with E-state index in [9.17, 15) is 0 Å². The van der Waals surface area contributed by atoms with Crippen LogP contribution in [0.25, 0.3) is 5.70 Å². The zero-order valence-electron chi connectivity index (χ0n) is 39.0. The summed E-state index contributed by atoms with van der Waals surface area (Å²) in [6.07, 6.45) is 8.98. The topological polar surface area (TPSA) is 31.7 Å². The van der Waals surface area contributed by atoms with Gasteiger partial charge in [0.15, 0.2) is 0 Å². The smallest absolute Gasteiger partial charge is 0.138 e. The maximum Gasteiger partial charge on any atom is 0.138 e. The van der Waals surface area contributed by atoms with E-state index in [0.29, 0.717) is 0 Å². The number of fused-ring (bicyclic) bond motifs is 4. The van der Waals surface area contributed by atoms with E-state index in [2.05, 4.69) is 256 Å². The van der Waals surface area contributed by atoms with Gasteiger partial charge in [-0.25, -0.2) is 9.98 Å². The molecule has 1 aliphatic carbocycles. The number of amidine groups is 1. The fourth-order valence-corrected chi connectivity index (χ4v) is 11.6. The summed E-state index contributed by atoms with van der Waals surface area (Å²) in [6.45, 7) is 10.9. The first-order valence-corrected chi connectivity index (χ1v) is 23.9. The molecule has 1 aromatic heterocycles. The highest BCUT2D eigenvalue weighted by molar-refractivity contribution is 6.05. The molecule has 4 heteroatoms. The van der Waals surface area contributed by atoms with Crippen LogP contribution in [0.2, 0.25) is 0 Å². The van der Waals surface area contributed by atoms with Gasteiger partial charge in [0.05, 0.1) is 39.3 Å². The molecule has 0 saturated carbocycles. The van der Waals surface area contributed by atoms with Crippen LogP contribution >= 0.6 is 0 Å². The number of aliphatic imine (C=N–C) groups is 1. The van der Waals surface area contributed by atoms with Crippen molar-refractivity contribution in [2.24, 2.45) is 4.99 Å². The number of rotatable bonds is 9. The highest BCUT2D eigenvalue weighted by atomic mass is 15.2. The van der Waals surface area contributed by atoms with E-state index in [1.54, 1.807) is 0 Å². The van der Waals surface area contributed by atoms with Crippen molar-refractivity contribution in [3.05, 3.63) is 298 Å². The first-order chi connectivity index (χ1) is 33.5. The quantitative estimate of drug-likeness (QED) is 0.107. The Morgan fingerprint density at radius 2 is 1.03 bits per heavy atom. The number of aryl methyl sites for hydroxylation is 1. The van der Waals surface area contributed by atoms with Crippen molar-refractivity contribution in [1.82, 2.24) is 4.98 Å². The van der Waals surface area contributed by atoms with Crippen LogP contribution in [0.1, 0.15) is 83.8 Å². The lowest BCUT2D eigenvalue weighted by molar-refractivity contribution is 0.704. The number of hydrogen-bond donors (Lipinski definition) is 0. The Hall–Kier alpha value is -8.08. The maximum absolute atomic E-state index is 5.73. The zero-order chi connectivity index (χ0) is 46.2. The molecule has 0 fully saturated rings. The number of aromatic nitrogens is 1. The second-order valence-electron chi connectivity index (χ2n) is 17.8. The number of benzene rings is 7. The van der Waals surface area contributed by atoms with Crippen LogP contribution in [0.5, 0.6) is 0 Å². The fraction of sp³-hybridized carbons (Fsp3) is 0.125. The average Bonchev–Trinajstić information content (AvgIpc) is 3.41. The molecule has 0 unspecified atom stereocenters. The average molecular weight is 879 g/mol. The summed E-state index contributed by atoms with van der Waals surface area (Å²) in [4.78, 5) is 16.2. The summed E-state index contributed by atoms with van der Waals surface area (Å²) in [5.41, 5.74) is 17.2. The minimum absolute atomic E-state index is 0.563. The third-order valence-electron chi connectivity index (χ3n) is 14.4. The molecule has 68 heavy (non-hydrogen) atoms. The van der Waals surface area contributed by atoms with Crippen LogP contribution in [0, 0.1) is 0 Å². The third-order valence-corrected chi connectivity index (χ3v) is 14.4. The van der Waals surface area contributed by atoms with Crippen molar-refractivity contribution in [2.75, 3.05) is 9.80 Å². The van der Waals surface area contributed by atoms with Crippen molar-refractivity contribution in [2.45, 2.75) is 50.9 Å². The molecule has 4 nitrogen and oxygen atoms in total. The molecular formula is C64H54N4. The minimum Gasteiger partial charge on any atom is -0.302 e. The van der Waals surface area contributed by atoms with Gasteiger partial charge >= 0.3 is 0 Å². The van der Waals surface area contributed by atoms with Gasteiger partial charge in [-0.15, -0.1) is 0 Å². The molecule has 7 aromatic carbocycles. The maximum atomic E-state index is 5.73. The fourth-order valence-electron chi connectivity index (χ4n) is 11.6. The number of para-hydroxylation sites is 3. The normalized spacial score (nSPS) is 16.0. The second-order valence-corrected chi connectivity index (χ2v) is 17.8. The summed E-state index contributed by atoms with van der Waals surface area (Å²) in [6, 6.07) is 75.0. The molecule has 0 saturated heterocycles. The van der Waals surface area contributed by atoms with E-state index < -0.39 is 10.8 Å². The summed E-state index contributed by atoms with van der Waals surface area (Å²) >= 11 is 0. The van der Waals surface area contributed by atoms with Gasteiger partial charge in [-0.3, -0.25) is 4.90 Å². The molecule has 3 aliphatic rings. The molecule has 0 bridgehead atoms. The Labute approximate surface area is 401 Å². The Morgan fingerprint density at radius 3 is 1.51 bits per heavy atom.